The molecule has 0 aliphatic heterocycles. The van der Waals surface area contributed by atoms with Gasteiger partial charge in [0.25, 0.3) is 0 Å². The maximum absolute atomic E-state index is 2.36. The van der Waals surface area contributed by atoms with Crippen LogP contribution < -0.4 is 0 Å². The molecule has 0 saturated heterocycles. The standard InChI is InChI=1S/2C10H15P.2ClH/c2*1-3-11(2)9-10-7-5-4-6-8-10;;/h2*4-8H,3,9H2,1-2H3;2*1H. The van der Waals surface area contributed by atoms with E-state index in [-0.39, 0.29) is 40.7 Å². The third-order valence-electron chi connectivity index (χ3n) is 3.67. The van der Waals surface area contributed by atoms with Crippen molar-refractivity contribution in [1.29, 1.82) is 0 Å². The van der Waals surface area contributed by atoms with E-state index in [2.05, 4.69) is 87.8 Å². The molecule has 0 N–H and O–H groups in total. The molecule has 0 spiro atoms. The lowest BCUT2D eigenvalue weighted by atomic mass is 10.2. The van der Waals surface area contributed by atoms with Gasteiger partial charge in [0.05, 0.1) is 0 Å². The zero-order chi connectivity index (χ0) is 16.2. The Hall–Kier alpha value is -0.120. The van der Waals surface area contributed by atoms with Crippen LogP contribution in [0.4, 0.5) is 0 Å². The molecule has 0 aliphatic carbocycles. The van der Waals surface area contributed by atoms with Gasteiger partial charge in [-0.25, -0.2) is 0 Å². The molecule has 2 rings (SSSR count). The van der Waals surface area contributed by atoms with Crippen molar-refractivity contribution in [1.82, 2.24) is 0 Å². The molecule has 0 amide bonds. The van der Waals surface area contributed by atoms with Crippen LogP contribution in [-0.4, -0.2) is 25.7 Å². The molecule has 2 atom stereocenters. The molecule has 0 aromatic heterocycles. The molecule has 0 radical (unpaired) electrons. The summed E-state index contributed by atoms with van der Waals surface area (Å²) in [5, 5.41) is 0. The van der Waals surface area contributed by atoms with Gasteiger partial charge in [-0.15, -0.1) is 40.7 Å². The van der Waals surface area contributed by atoms with Crippen molar-refractivity contribution in [3.8, 4) is 0 Å². The number of hydrogen-bond donors (Lipinski definition) is 0. The number of benzene rings is 2. The molecule has 2 aromatic rings. The Morgan fingerprint density at radius 3 is 1.12 bits per heavy atom. The Kier molecular flexibility index (Phi) is 17.8. The molecular formula is C20H32Cl2P2. The van der Waals surface area contributed by atoms with E-state index in [1.807, 2.05) is 0 Å². The molecule has 0 fully saturated rings. The zero-order valence-electron chi connectivity index (χ0n) is 15.3. The third kappa shape index (κ3) is 12.3. The van der Waals surface area contributed by atoms with Crippen LogP contribution in [0.5, 0.6) is 0 Å². The van der Waals surface area contributed by atoms with Gasteiger partial charge in [-0.2, -0.15) is 0 Å². The lowest BCUT2D eigenvalue weighted by Crippen LogP contribution is -1.83. The summed E-state index contributed by atoms with van der Waals surface area (Å²) in [6.07, 6.45) is 5.24. The fraction of sp³-hybridized carbons (Fsp3) is 0.400. The first kappa shape index (κ1) is 26.1. The van der Waals surface area contributed by atoms with Crippen molar-refractivity contribution in [2.45, 2.75) is 26.2 Å². The second-order valence-corrected chi connectivity index (χ2v) is 11.0. The summed E-state index contributed by atoms with van der Waals surface area (Å²) in [5.74, 6) is 0. The van der Waals surface area contributed by atoms with Crippen molar-refractivity contribution < 1.29 is 0 Å². The van der Waals surface area contributed by atoms with Crippen LogP contribution in [0.2, 0.25) is 0 Å². The average molecular weight is 405 g/mol. The highest BCUT2D eigenvalue weighted by Gasteiger charge is 1.98. The molecule has 2 aromatic carbocycles. The van der Waals surface area contributed by atoms with Gasteiger partial charge in [0.15, 0.2) is 0 Å². The molecule has 0 aliphatic rings. The molecule has 0 bridgehead atoms. The van der Waals surface area contributed by atoms with Gasteiger partial charge in [0.1, 0.15) is 0 Å². The first-order valence-electron chi connectivity index (χ1n) is 8.10. The van der Waals surface area contributed by atoms with E-state index in [0.29, 0.717) is 0 Å². The maximum Gasteiger partial charge on any atom is -0.00757 e. The van der Waals surface area contributed by atoms with Gasteiger partial charge in [-0.1, -0.05) is 74.5 Å². The van der Waals surface area contributed by atoms with Gasteiger partial charge in [-0.05, 0) is 49.1 Å². The smallest absolute Gasteiger partial charge is 0.00757 e. The van der Waals surface area contributed by atoms with E-state index >= 15 is 0 Å². The second-order valence-electron chi connectivity index (χ2n) is 5.63. The Morgan fingerprint density at radius 2 is 0.875 bits per heavy atom. The van der Waals surface area contributed by atoms with Crippen LogP contribution in [-0.2, 0) is 12.3 Å². The quantitative estimate of drug-likeness (QED) is 0.437. The SMILES string of the molecule is CCP(C)Cc1ccccc1.CCP(C)Cc1ccccc1.Cl.Cl. The van der Waals surface area contributed by atoms with E-state index in [1.165, 1.54) is 35.8 Å². The van der Waals surface area contributed by atoms with Crippen molar-refractivity contribution in [3.05, 3.63) is 71.8 Å². The second kappa shape index (κ2) is 16.4. The van der Waals surface area contributed by atoms with Gasteiger partial charge in [0.2, 0.25) is 0 Å². The number of rotatable bonds is 6. The number of halogens is 2. The molecule has 0 heterocycles. The van der Waals surface area contributed by atoms with Gasteiger partial charge < -0.3 is 0 Å². The lowest BCUT2D eigenvalue weighted by molar-refractivity contribution is 1.36. The van der Waals surface area contributed by atoms with Crippen LogP contribution in [0.3, 0.4) is 0 Å². The van der Waals surface area contributed by atoms with Gasteiger partial charge in [-0.3, -0.25) is 0 Å². The maximum atomic E-state index is 2.36. The fourth-order valence-corrected chi connectivity index (χ4v) is 4.13. The largest absolute Gasteiger partial charge is 0.147 e. The van der Waals surface area contributed by atoms with Gasteiger partial charge in [0, 0.05) is 0 Å². The van der Waals surface area contributed by atoms with Crippen LogP contribution in [0.15, 0.2) is 60.7 Å². The van der Waals surface area contributed by atoms with Crippen molar-refractivity contribution in [3.63, 3.8) is 0 Å². The predicted octanol–water partition coefficient (Wildman–Crippen LogP) is 7.48. The number of hydrogen-bond acceptors (Lipinski definition) is 0. The summed E-state index contributed by atoms with van der Waals surface area (Å²) in [6, 6.07) is 21.5. The fourth-order valence-electron chi connectivity index (χ4n) is 2.01. The first-order valence-corrected chi connectivity index (χ1v) is 12.4. The highest BCUT2D eigenvalue weighted by atomic mass is 35.5. The van der Waals surface area contributed by atoms with E-state index in [4.69, 9.17) is 0 Å². The van der Waals surface area contributed by atoms with Crippen LogP contribution in [0.1, 0.15) is 25.0 Å². The Bertz CT molecular complexity index is 444. The average Bonchev–Trinajstić information content (AvgIpc) is 2.57. The summed E-state index contributed by atoms with van der Waals surface area (Å²) >= 11 is 0. The summed E-state index contributed by atoms with van der Waals surface area (Å²) in [5.41, 5.74) is 2.98. The van der Waals surface area contributed by atoms with Crippen molar-refractivity contribution in [2.75, 3.05) is 25.7 Å². The van der Waals surface area contributed by atoms with Crippen molar-refractivity contribution >= 4 is 40.7 Å². The van der Waals surface area contributed by atoms with Crippen molar-refractivity contribution in [2.24, 2.45) is 0 Å². The first-order chi connectivity index (χ1) is 10.7. The lowest BCUT2D eigenvalue weighted by Gasteiger charge is -2.07. The summed E-state index contributed by atoms with van der Waals surface area (Å²) in [4.78, 5) is 0. The van der Waals surface area contributed by atoms with Crippen LogP contribution in [0, 0.1) is 0 Å². The predicted molar refractivity (Wildman–Crippen MR) is 122 cm³/mol. The minimum atomic E-state index is 0. The minimum absolute atomic E-state index is 0. The Morgan fingerprint density at radius 1 is 0.583 bits per heavy atom. The molecule has 0 nitrogen and oxygen atoms in total. The van der Waals surface area contributed by atoms with E-state index in [0.717, 1.165) is 0 Å². The molecule has 0 saturated carbocycles. The Balaban J connectivity index is 0. The van der Waals surface area contributed by atoms with E-state index in [9.17, 15) is 0 Å². The molecule has 24 heavy (non-hydrogen) atoms. The topological polar surface area (TPSA) is 0 Å². The minimum Gasteiger partial charge on any atom is -0.147 e. The highest BCUT2D eigenvalue weighted by Crippen LogP contribution is 2.34. The van der Waals surface area contributed by atoms with E-state index in [1.54, 1.807) is 0 Å². The third-order valence-corrected chi connectivity index (χ3v) is 7.64. The molecular weight excluding hydrogens is 373 g/mol. The normalized spacial score (nSPS) is 11.8. The molecule has 4 heteroatoms. The monoisotopic (exact) mass is 404 g/mol. The Labute approximate surface area is 164 Å². The van der Waals surface area contributed by atoms with Crippen LogP contribution in [0.25, 0.3) is 0 Å². The highest BCUT2D eigenvalue weighted by molar-refractivity contribution is 7.56. The van der Waals surface area contributed by atoms with Crippen LogP contribution >= 0.6 is 40.7 Å². The summed E-state index contributed by atoms with van der Waals surface area (Å²) in [7, 11) is 0.491. The van der Waals surface area contributed by atoms with E-state index < -0.39 is 0 Å². The molecule has 136 valence electrons. The van der Waals surface area contributed by atoms with Gasteiger partial charge >= 0.3 is 0 Å². The molecule has 2 unspecified atom stereocenters. The zero-order valence-corrected chi connectivity index (χ0v) is 18.7. The summed E-state index contributed by atoms with van der Waals surface area (Å²) in [6.45, 7) is 9.27. The summed E-state index contributed by atoms with van der Waals surface area (Å²) < 4.78 is 0.